The van der Waals surface area contributed by atoms with E-state index in [1.807, 2.05) is 6.92 Å². The van der Waals surface area contributed by atoms with E-state index in [0.29, 0.717) is 19.7 Å². The molecular formula is C15H24FN5O3. The molecule has 0 radical (unpaired) electrons. The van der Waals surface area contributed by atoms with Crippen LogP contribution in [0.4, 0.5) is 4.39 Å². The molecule has 0 aliphatic carbocycles. The lowest BCUT2D eigenvalue weighted by Gasteiger charge is -2.40. The van der Waals surface area contributed by atoms with Gasteiger partial charge >= 0.3 is 0 Å². The van der Waals surface area contributed by atoms with Gasteiger partial charge in [-0.05, 0) is 20.3 Å². The Hall–Kier alpha value is -2.03. The largest absolute Gasteiger partial charge is 0.370 e. The lowest BCUT2D eigenvalue weighted by molar-refractivity contribution is -0.129. The molecule has 134 valence electrons. The van der Waals surface area contributed by atoms with Gasteiger partial charge in [0.05, 0.1) is 25.9 Å². The van der Waals surface area contributed by atoms with Crippen molar-refractivity contribution in [3.8, 4) is 0 Å². The number of hydrogen-bond acceptors (Lipinski definition) is 5. The maximum atomic E-state index is 13.3. The van der Waals surface area contributed by atoms with Crippen LogP contribution in [0.1, 0.15) is 37.7 Å². The molecule has 24 heavy (non-hydrogen) atoms. The van der Waals surface area contributed by atoms with Crippen molar-refractivity contribution in [1.29, 1.82) is 0 Å². The molecule has 0 saturated carbocycles. The molecule has 1 aromatic rings. The summed E-state index contributed by atoms with van der Waals surface area (Å²) in [7, 11) is 0. The topological polar surface area (TPSA) is 89.4 Å². The van der Waals surface area contributed by atoms with Crippen LogP contribution >= 0.6 is 0 Å². The van der Waals surface area contributed by atoms with Crippen LogP contribution in [0.3, 0.4) is 0 Å². The highest BCUT2D eigenvalue weighted by atomic mass is 19.1. The zero-order chi connectivity index (χ0) is 17.7. The van der Waals surface area contributed by atoms with E-state index in [0.717, 1.165) is 0 Å². The first kappa shape index (κ1) is 18.3. The second-order valence-corrected chi connectivity index (χ2v) is 6.04. The van der Waals surface area contributed by atoms with Crippen molar-refractivity contribution in [2.45, 2.75) is 45.5 Å². The molecule has 9 heteroatoms. The van der Waals surface area contributed by atoms with E-state index < -0.39 is 17.7 Å². The first-order chi connectivity index (χ1) is 11.4. The van der Waals surface area contributed by atoms with Crippen molar-refractivity contribution >= 4 is 11.8 Å². The van der Waals surface area contributed by atoms with Gasteiger partial charge in [-0.25, -0.2) is 4.39 Å². The van der Waals surface area contributed by atoms with Crippen LogP contribution in [0.2, 0.25) is 0 Å². The molecule has 8 nitrogen and oxygen atoms in total. The Morgan fingerprint density at radius 2 is 2.25 bits per heavy atom. The summed E-state index contributed by atoms with van der Waals surface area (Å²) in [5.74, 6) is -0.885. The molecule has 0 spiro atoms. The van der Waals surface area contributed by atoms with Crippen LogP contribution in [0.5, 0.6) is 0 Å². The predicted molar refractivity (Wildman–Crippen MR) is 84.2 cm³/mol. The highest BCUT2D eigenvalue weighted by Gasteiger charge is 2.36. The Balaban J connectivity index is 1.97. The molecule has 0 aromatic carbocycles. The number of ether oxygens (including phenoxy) is 1. The molecule has 1 aromatic heterocycles. The van der Waals surface area contributed by atoms with Gasteiger partial charge in [-0.2, -0.15) is 9.90 Å². The van der Waals surface area contributed by atoms with E-state index in [9.17, 15) is 14.0 Å². The standard InChI is InChI=1S/C15H24FN5O3/c1-4-11(16)13(22)17-9-15(3)10-20(6-7-24-15)14(23)12-8-18-21(5-2)19-12/h8,11H,4-7,9-10H2,1-3H3,(H,17,22). The maximum Gasteiger partial charge on any atom is 0.276 e. The lowest BCUT2D eigenvalue weighted by atomic mass is 10.0. The third-order valence-corrected chi connectivity index (χ3v) is 3.94. The number of alkyl halides is 1. The molecular weight excluding hydrogens is 317 g/mol. The number of hydrogen-bond donors (Lipinski definition) is 1. The van der Waals surface area contributed by atoms with E-state index in [2.05, 4.69) is 15.5 Å². The average Bonchev–Trinajstić information content (AvgIpc) is 3.07. The first-order valence-corrected chi connectivity index (χ1v) is 8.13. The number of carbonyl (C=O) groups excluding carboxylic acids is 2. The van der Waals surface area contributed by atoms with E-state index in [-0.39, 0.29) is 31.1 Å². The molecule has 2 heterocycles. The van der Waals surface area contributed by atoms with E-state index >= 15 is 0 Å². The number of nitrogens with zero attached hydrogens (tertiary/aromatic N) is 4. The van der Waals surface area contributed by atoms with E-state index in [1.165, 1.54) is 11.0 Å². The van der Waals surface area contributed by atoms with Crippen LogP contribution < -0.4 is 5.32 Å². The van der Waals surface area contributed by atoms with Gasteiger partial charge in [-0.15, -0.1) is 5.10 Å². The minimum atomic E-state index is -1.53. The molecule has 2 rings (SSSR count). The van der Waals surface area contributed by atoms with Crippen molar-refractivity contribution in [3.05, 3.63) is 11.9 Å². The van der Waals surface area contributed by atoms with Crippen LogP contribution in [0.15, 0.2) is 6.20 Å². The van der Waals surface area contributed by atoms with Crippen molar-refractivity contribution < 1.29 is 18.7 Å². The molecule has 1 aliphatic heterocycles. The van der Waals surface area contributed by atoms with Gasteiger partial charge in [0.15, 0.2) is 11.9 Å². The predicted octanol–water partition coefficient (Wildman–Crippen LogP) is 0.393. The van der Waals surface area contributed by atoms with Crippen molar-refractivity contribution in [1.82, 2.24) is 25.2 Å². The SMILES string of the molecule is CCC(F)C(=O)NCC1(C)CN(C(=O)c2cnn(CC)n2)CCO1. The van der Waals surface area contributed by atoms with E-state index in [4.69, 9.17) is 4.74 Å². The van der Waals surface area contributed by atoms with Gasteiger partial charge in [-0.1, -0.05) is 6.92 Å². The number of amides is 2. The average molecular weight is 341 g/mol. The summed E-state index contributed by atoms with van der Waals surface area (Å²) in [5.41, 5.74) is -0.488. The quantitative estimate of drug-likeness (QED) is 0.809. The summed E-state index contributed by atoms with van der Waals surface area (Å²) in [6.45, 7) is 7.06. The third-order valence-electron chi connectivity index (χ3n) is 3.94. The van der Waals surface area contributed by atoms with E-state index in [1.54, 1.807) is 18.7 Å². The fourth-order valence-corrected chi connectivity index (χ4v) is 2.49. The number of rotatable bonds is 6. The number of carbonyl (C=O) groups is 2. The Kier molecular flexibility index (Phi) is 5.87. The molecule has 1 saturated heterocycles. The van der Waals surface area contributed by atoms with Gasteiger partial charge in [0.25, 0.3) is 11.8 Å². The molecule has 1 aliphatic rings. The Morgan fingerprint density at radius 1 is 1.50 bits per heavy atom. The Bertz CT molecular complexity index is 593. The van der Waals surface area contributed by atoms with Gasteiger partial charge in [0.1, 0.15) is 5.60 Å². The van der Waals surface area contributed by atoms with Crippen molar-refractivity contribution in [3.63, 3.8) is 0 Å². The zero-order valence-electron chi connectivity index (χ0n) is 14.3. The van der Waals surface area contributed by atoms with Gasteiger partial charge in [0, 0.05) is 13.1 Å². The Labute approximate surface area is 140 Å². The molecule has 2 unspecified atom stereocenters. The molecule has 2 amide bonds. The molecule has 0 bridgehead atoms. The van der Waals surface area contributed by atoms with Gasteiger partial charge in [0.2, 0.25) is 0 Å². The number of halogens is 1. The highest BCUT2D eigenvalue weighted by molar-refractivity contribution is 5.92. The normalized spacial score (nSPS) is 22.2. The minimum absolute atomic E-state index is 0.126. The summed E-state index contributed by atoms with van der Waals surface area (Å²) in [6.07, 6.45) is 0.0372. The number of aromatic nitrogens is 3. The first-order valence-electron chi connectivity index (χ1n) is 8.13. The fourth-order valence-electron chi connectivity index (χ4n) is 2.49. The van der Waals surface area contributed by atoms with Crippen LogP contribution in [0, 0.1) is 0 Å². The zero-order valence-corrected chi connectivity index (χ0v) is 14.3. The van der Waals surface area contributed by atoms with Crippen LogP contribution in [0.25, 0.3) is 0 Å². The summed E-state index contributed by atoms with van der Waals surface area (Å²) in [6, 6.07) is 0. The second-order valence-electron chi connectivity index (χ2n) is 6.04. The summed E-state index contributed by atoms with van der Waals surface area (Å²) in [5, 5.41) is 10.7. The molecule has 1 fully saturated rings. The van der Waals surface area contributed by atoms with Crippen LogP contribution in [-0.4, -0.2) is 69.7 Å². The third kappa shape index (κ3) is 4.28. The molecule has 2 atom stereocenters. The Morgan fingerprint density at radius 3 is 2.88 bits per heavy atom. The van der Waals surface area contributed by atoms with Gasteiger partial charge < -0.3 is 15.0 Å². The van der Waals surface area contributed by atoms with Crippen molar-refractivity contribution in [2.24, 2.45) is 0 Å². The minimum Gasteiger partial charge on any atom is -0.370 e. The number of morpholine rings is 1. The summed E-state index contributed by atoms with van der Waals surface area (Å²) in [4.78, 5) is 27.2. The molecule has 1 N–H and O–H groups in total. The fraction of sp³-hybridized carbons (Fsp3) is 0.733. The maximum absolute atomic E-state index is 13.3. The number of aryl methyl sites for hydroxylation is 1. The van der Waals surface area contributed by atoms with Crippen LogP contribution in [-0.2, 0) is 16.1 Å². The van der Waals surface area contributed by atoms with Gasteiger partial charge in [-0.3, -0.25) is 9.59 Å². The summed E-state index contributed by atoms with van der Waals surface area (Å²) >= 11 is 0. The monoisotopic (exact) mass is 341 g/mol. The number of nitrogens with one attached hydrogen (secondary N) is 1. The lowest BCUT2D eigenvalue weighted by Crippen LogP contribution is -2.57. The summed E-state index contributed by atoms with van der Waals surface area (Å²) < 4.78 is 19.0. The van der Waals surface area contributed by atoms with Crippen molar-refractivity contribution in [2.75, 3.05) is 26.2 Å². The highest BCUT2D eigenvalue weighted by Crippen LogP contribution is 2.18. The smallest absolute Gasteiger partial charge is 0.276 e. The second kappa shape index (κ2) is 7.69.